The predicted octanol–water partition coefficient (Wildman–Crippen LogP) is 2.90. The predicted molar refractivity (Wildman–Crippen MR) is 66.1 cm³/mol. The molecule has 0 heterocycles. The van der Waals surface area contributed by atoms with E-state index in [0.717, 1.165) is 18.6 Å². The molecule has 0 saturated carbocycles. The molecule has 0 radical (unpaired) electrons. The number of benzene rings is 1. The molecule has 98 valence electrons. The van der Waals surface area contributed by atoms with Crippen LogP contribution in [-0.2, 0) is 4.79 Å². The van der Waals surface area contributed by atoms with Crippen LogP contribution in [0.5, 0.6) is 0 Å². The van der Waals surface area contributed by atoms with Gasteiger partial charge in [0, 0.05) is 12.1 Å². The second-order valence-corrected chi connectivity index (χ2v) is 4.48. The van der Waals surface area contributed by atoms with Crippen LogP contribution in [0, 0.1) is 11.7 Å². The molecular formula is C13H16FNO3. The lowest BCUT2D eigenvalue weighted by Crippen LogP contribution is -2.13. The first kappa shape index (κ1) is 14.2. The fourth-order valence-electron chi connectivity index (χ4n) is 1.41. The van der Waals surface area contributed by atoms with Crippen molar-refractivity contribution < 1.29 is 19.1 Å². The maximum atomic E-state index is 13.1. The van der Waals surface area contributed by atoms with Gasteiger partial charge in [0.25, 0.3) is 0 Å². The molecule has 0 unspecified atom stereocenters. The highest BCUT2D eigenvalue weighted by molar-refractivity contribution is 5.94. The van der Waals surface area contributed by atoms with E-state index in [9.17, 15) is 14.0 Å². The summed E-state index contributed by atoms with van der Waals surface area (Å²) < 4.78 is 13.1. The summed E-state index contributed by atoms with van der Waals surface area (Å²) in [6.45, 7) is 4.02. The van der Waals surface area contributed by atoms with Gasteiger partial charge in [-0.3, -0.25) is 4.79 Å². The van der Waals surface area contributed by atoms with Crippen molar-refractivity contribution in [3.8, 4) is 0 Å². The molecule has 0 aliphatic carbocycles. The summed E-state index contributed by atoms with van der Waals surface area (Å²) in [5.41, 5.74) is -0.154. The molecule has 0 aliphatic heterocycles. The molecule has 1 amide bonds. The van der Waals surface area contributed by atoms with E-state index < -0.39 is 17.3 Å². The number of aromatic carboxylic acids is 1. The lowest BCUT2D eigenvalue weighted by molar-refractivity contribution is -0.116. The Morgan fingerprint density at radius 1 is 1.39 bits per heavy atom. The van der Waals surface area contributed by atoms with Crippen molar-refractivity contribution in [1.82, 2.24) is 0 Å². The molecule has 1 aromatic carbocycles. The molecule has 4 nitrogen and oxygen atoms in total. The Labute approximate surface area is 105 Å². The zero-order valence-corrected chi connectivity index (χ0v) is 10.4. The Hall–Kier alpha value is -1.91. The van der Waals surface area contributed by atoms with Gasteiger partial charge in [-0.2, -0.15) is 0 Å². The first-order valence-corrected chi connectivity index (χ1v) is 5.73. The fourth-order valence-corrected chi connectivity index (χ4v) is 1.41. The summed E-state index contributed by atoms with van der Waals surface area (Å²) in [7, 11) is 0. The highest BCUT2D eigenvalue weighted by atomic mass is 19.1. The normalized spacial score (nSPS) is 10.4. The average molecular weight is 253 g/mol. The Kier molecular flexibility index (Phi) is 4.83. The largest absolute Gasteiger partial charge is 0.478 e. The van der Waals surface area contributed by atoms with Crippen LogP contribution in [0.1, 0.15) is 37.0 Å². The third-order valence-electron chi connectivity index (χ3n) is 2.43. The number of carboxylic acids is 1. The Morgan fingerprint density at radius 2 is 2.06 bits per heavy atom. The van der Waals surface area contributed by atoms with E-state index in [1.54, 1.807) is 0 Å². The number of carboxylic acid groups (broad SMARTS) is 1. The summed E-state index contributed by atoms with van der Waals surface area (Å²) >= 11 is 0. The standard InChI is InChI=1S/C13H16FNO3/c1-8(2)3-6-12(16)15-9-4-5-11(14)10(7-9)13(17)18/h4-5,7-8H,3,6H2,1-2H3,(H,15,16)(H,17,18). The lowest BCUT2D eigenvalue weighted by Gasteiger charge is -2.07. The van der Waals surface area contributed by atoms with Gasteiger partial charge < -0.3 is 10.4 Å². The molecular weight excluding hydrogens is 237 g/mol. The molecule has 0 atom stereocenters. The highest BCUT2D eigenvalue weighted by Crippen LogP contribution is 2.15. The van der Waals surface area contributed by atoms with Crippen molar-refractivity contribution in [2.45, 2.75) is 26.7 Å². The molecule has 18 heavy (non-hydrogen) atoms. The lowest BCUT2D eigenvalue weighted by atomic mass is 10.1. The Morgan fingerprint density at radius 3 is 2.61 bits per heavy atom. The summed E-state index contributed by atoms with van der Waals surface area (Å²) in [6.07, 6.45) is 1.11. The molecule has 0 aliphatic rings. The molecule has 0 spiro atoms. The quantitative estimate of drug-likeness (QED) is 0.847. The molecule has 0 bridgehead atoms. The number of hydrogen-bond donors (Lipinski definition) is 2. The van der Waals surface area contributed by atoms with Crippen molar-refractivity contribution in [2.24, 2.45) is 5.92 Å². The first-order chi connectivity index (χ1) is 8.40. The number of carbonyl (C=O) groups is 2. The van der Waals surface area contributed by atoms with Crippen molar-refractivity contribution in [3.63, 3.8) is 0 Å². The minimum Gasteiger partial charge on any atom is -0.478 e. The third-order valence-corrected chi connectivity index (χ3v) is 2.43. The zero-order chi connectivity index (χ0) is 13.7. The number of amides is 1. The van der Waals surface area contributed by atoms with Crippen LogP contribution >= 0.6 is 0 Å². The molecule has 0 fully saturated rings. The minimum atomic E-state index is -1.36. The zero-order valence-electron chi connectivity index (χ0n) is 10.4. The smallest absolute Gasteiger partial charge is 0.338 e. The van der Waals surface area contributed by atoms with Crippen LogP contribution in [0.25, 0.3) is 0 Å². The maximum Gasteiger partial charge on any atom is 0.338 e. The topological polar surface area (TPSA) is 66.4 Å². The fraction of sp³-hybridized carbons (Fsp3) is 0.385. The maximum absolute atomic E-state index is 13.1. The van der Waals surface area contributed by atoms with Gasteiger partial charge in [0.15, 0.2) is 0 Å². The van der Waals surface area contributed by atoms with E-state index in [4.69, 9.17) is 5.11 Å². The highest BCUT2D eigenvalue weighted by Gasteiger charge is 2.12. The van der Waals surface area contributed by atoms with Gasteiger partial charge in [-0.25, -0.2) is 9.18 Å². The Bertz CT molecular complexity index is 458. The van der Waals surface area contributed by atoms with Crippen LogP contribution < -0.4 is 5.32 Å². The molecule has 0 saturated heterocycles. The van der Waals surface area contributed by atoms with Gasteiger partial charge >= 0.3 is 5.97 Å². The molecule has 1 aromatic rings. The van der Waals surface area contributed by atoms with Gasteiger partial charge in [-0.1, -0.05) is 13.8 Å². The number of anilines is 1. The molecule has 0 aromatic heterocycles. The van der Waals surface area contributed by atoms with Crippen LogP contribution in [0.4, 0.5) is 10.1 Å². The summed E-state index contributed by atoms with van der Waals surface area (Å²) in [4.78, 5) is 22.3. The Balaban J connectivity index is 2.70. The van der Waals surface area contributed by atoms with Gasteiger partial charge in [0.2, 0.25) is 5.91 Å². The molecule has 5 heteroatoms. The second-order valence-electron chi connectivity index (χ2n) is 4.48. The van der Waals surface area contributed by atoms with E-state index in [1.807, 2.05) is 13.8 Å². The number of carbonyl (C=O) groups excluding carboxylic acids is 1. The number of rotatable bonds is 5. The first-order valence-electron chi connectivity index (χ1n) is 5.73. The van der Waals surface area contributed by atoms with Gasteiger partial charge in [-0.05, 0) is 30.5 Å². The van der Waals surface area contributed by atoms with E-state index >= 15 is 0 Å². The second kappa shape index (κ2) is 6.14. The summed E-state index contributed by atoms with van der Waals surface area (Å²) in [5.74, 6) is -1.96. The van der Waals surface area contributed by atoms with Crippen LogP contribution in [-0.4, -0.2) is 17.0 Å². The third kappa shape index (κ3) is 4.16. The molecule has 2 N–H and O–H groups in total. The van der Waals surface area contributed by atoms with Crippen LogP contribution in [0.2, 0.25) is 0 Å². The number of hydrogen-bond acceptors (Lipinski definition) is 2. The monoisotopic (exact) mass is 253 g/mol. The SMILES string of the molecule is CC(C)CCC(=O)Nc1ccc(F)c(C(=O)O)c1. The van der Waals surface area contributed by atoms with E-state index in [2.05, 4.69) is 5.32 Å². The van der Waals surface area contributed by atoms with Crippen molar-refractivity contribution in [1.29, 1.82) is 0 Å². The van der Waals surface area contributed by atoms with Crippen LogP contribution in [0.3, 0.4) is 0 Å². The molecule has 1 rings (SSSR count). The van der Waals surface area contributed by atoms with Crippen molar-refractivity contribution >= 4 is 17.6 Å². The number of nitrogens with one attached hydrogen (secondary N) is 1. The van der Waals surface area contributed by atoms with Crippen molar-refractivity contribution in [3.05, 3.63) is 29.6 Å². The van der Waals surface area contributed by atoms with Gasteiger partial charge in [-0.15, -0.1) is 0 Å². The van der Waals surface area contributed by atoms with Gasteiger partial charge in [0.1, 0.15) is 5.82 Å². The summed E-state index contributed by atoms with van der Waals surface area (Å²) in [6, 6.07) is 3.49. The van der Waals surface area contributed by atoms with E-state index in [0.29, 0.717) is 18.0 Å². The van der Waals surface area contributed by atoms with E-state index in [1.165, 1.54) is 6.07 Å². The summed E-state index contributed by atoms with van der Waals surface area (Å²) in [5, 5.41) is 11.3. The van der Waals surface area contributed by atoms with E-state index in [-0.39, 0.29) is 5.91 Å². The van der Waals surface area contributed by atoms with Crippen LogP contribution in [0.15, 0.2) is 18.2 Å². The van der Waals surface area contributed by atoms with Crippen molar-refractivity contribution in [2.75, 3.05) is 5.32 Å². The van der Waals surface area contributed by atoms with Gasteiger partial charge in [0.05, 0.1) is 5.56 Å². The average Bonchev–Trinajstić information content (AvgIpc) is 2.28. The minimum absolute atomic E-state index is 0.202. The number of halogens is 1.